The molecule has 520 valence electrons. The topological polar surface area (TPSA) is 404 Å². The minimum absolute atomic E-state index is 0.0830. The van der Waals surface area contributed by atoms with Crippen LogP contribution in [0.1, 0.15) is 113 Å². The SMILES string of the molecule is CC[C@]12O[C@@H](n3cc(C)c(=O)[nH]c3=O)[C@@H](NC1=O)C2O.CC[C@]12O[C@@H](n3cc(C)c(=O)[nH]c3=O)[C@@H](NC1=O)C2OP(OCCC#N)N(C(C)C)C(C)C.COc1ccc(C(Cl)(c2ccccc2)c2ccc(OC)cc2)cc1.Cc1cn([C@@H]2O[C@@]3(CO)C(=O)N[C@H]2C3O)c(=O)[nH]c1=O. The van der Waals surface area contributed by atoms with Crippen molar-refractivity contribution < 1.29 is 62.4 Å². The number of fused-ring (bicyclic) bond motifs is 6. The van der Waals surface area contributed by atoms with Gasteiger partial charge in [0.05, 0.1) is 39.9 Å². The van der Waals surface area contributed by atoms with E-state index in [2.05, 4.69) is 41.6 Å². The van der Waals surface area contributed by atoms with Gasteiger partial charge in [-0.2, -0.15) is 5.26 Å². The summed E-state index contributed by atoms with van der Waals surface area (Å²) in [5.41, 5.74) is -3.85. The second kappa shape index (κ2) is 29.3. The Morgan fingerprint density at radius 2 is 0.969 bits per heavy atom. The molecule has 3 amide bonds. The van der Waals surface area contributed by atoms with Gasteiger partial charge < -0.3 is 64.0 Å². The van der Waals surface area contributed by atoms with Gasteiger partial charge in [0.1, 0.15) is 52.8 Å². The number of hydrogen-bond acceptors (Lipinski definition) is 21. The number of ether oxygens (including phenoxy) is 5. The van der Waals surface area contributed by atoms with Crippen LogP contribution < -0.4 is 59.2 Å². The van der Waals surface area contributed by atoms with E-state index in [1.165, 1.54) is 34.6 Å². The monoisotopic (exact) mass is 1380 g/mol. The number of nitrogens with one attached hydrogen (secondary N) is 6. The molecule has 4 unspecified atom stereocenters. The average molecular weight is 1380 g/mol. The second-order valence-electron chi connectivity index (χ2n) is 24.4. The number of nitriles is 1. The fourth-order valence-corrected chi connectivity index (χ4v) is 14.9. The number of methoxy groups -OCH3 is 2. The first-order valence-electron chi connectivity index (χ1n) is 31.2. The van der Waals surface area contributed by atoms with E-state index in [1.54, 1.807) is 35.0 Å². The van der Waals surface area contributed by atoms with E-state index in [1.807, 2.05) is 113 Å². The molecule has 0 spiro atoms. The lowest BCUT2D eigenvalue weighted by atomic mass is 9.84. The Kier molecular flexibility index (Phi) is 22.0. The van der Waals surface area contributed by atoms with Gasteiger partial charge >= 0.3 is 17.1 Å². The summed E-state index contributed by atoms with van der Waals surface area (Å²) < 4.78 is 46.0. The molecule has 3 aromatic heterocycles. The fourth-order valence-electron chi connectivity index (χ4n) is 12.7. The Hall–Kier alpha value is -8.44. The van der Waals surface area contributed by atoms with Crippen LogP contribution in [0.2, 0.25) is 0 Å². The molecule has 30 nitrogen and oxygen atoms in total. The molecule has 32 heteroatoms. The summed E-state index contributed by atoms with van der Waals surface area (Å²) in [5.74, 6) is 0.310. The molecule has 0 saturated carbocycles. The number of morpholine rings is 3. The molecule has 12 rings (SSSR count). The summed E-state index contributed by atoms with van der Waals surface area (Å²) in [5, 5.41) is 46.6. The van der Waals surface area contributed by atoms with E-state index in [0.717, 1.165) is 32.8 Å². The molecule has 9 heterocycles. The number of aryl methyl sites for hydroxylation is 3. The van der Waals surface area contributed by atoms with Crippen LogP contribution in [0, 0.1) is 32.1 Å². The van der Waals surface area contributed by atoms with Crippen molar-refractivity contribution in [2.75, 3.05) is 27.4 Å². The Morgan fingerprint density at radius 3 is 1.35 bits per heavy atom. The zero-order valence-corrected chi connectivity index (χ0v) is 56.7. The average Bonchev–Trinajstić information content (AvgIpc) is 1.49. The number of hydrogen-bond donors (Lipinski definition) is 9. The molecule has 3 aromatic carbocycles. The molecule has 0 radical (unpaired) electrons. The second-order valence-corrected chi connectivity index (χ2v) is 26.4. The quantitative estimate of drug-likeness (QED) is 0.0243. The smallest absolute Gasteiger partial charge is 0.330 e. The van der Waals surface area contributed by atoms with Crippen molar-refractivity contribution in [1.82, 2.24) is 49.3 Å². The van der Waals surface area contributed by atoms with Crippen LogP contribution in [-0.4, -0.2) is 159 Å². The first-order chi connectivity index (χ1) is 46.1. The molecule has 6 aliphatic rings. The summed E-state index contributed by atoms with van der Waals surface area (Å²) in [4.78, 5) is 113. The molecule has 9 N–H and O–H groups in total. The van der Waals surface area contributed by atoms with E-state index in [-0.39, 0.29) is 42.5 Å². The van der Waals surface area contributed by atoms with Crippen molar-refractivity contribution in [2.24, 2.45) is 0 Å². The van der Waals surface area contributed by atoms with Crippen molar-refractivity contribution in [1.29, 1.82) is 5.26 Å². The number of alkyl halides is 1. The van der Waals surface area contributed by atoms with Crippen LogP contribution in [-0.2, 0) is 42.5 Å². The lowest BCUT2D eigenvalue weighted by molar-refractivity contribution is -0.169. The minimum Gasteiger partial charge on any atom is -0.497 e. The maximum Gasteiger partial charge on any atom is 0.330 e. The number of amides is 3. The molecule has 6 saturated heterocycles. The fraction of sp³-hybridized carbons (Fsp3) is 0.477. The molecule has 6 aromatic rings. The number of carbonyl (C=O) groups is 3. The predicted molar refractivity (Wildman–Crippen MR) is 350 cm³/mol. The molecular formula is C65H79ClN11O19P. The molecule has 6 fully saturated rings. The summed E-state index contributed by atoms with van der Waals surface area (Å²) in [7, 11) is 1.68. The number of aromatic amines is 3. The Balaban J connectivity index is 0.000000155. The van der Waals surface area contributed by atoms with Crippen LogP contribution >= 0.6 is 20.1 Å². The van der Waals surface area contributed by atoms with Gasteiger partial charge in [-0.1, -0.05) is 68.4 Å². The van der Waals surface area contributed by atoms with Crippen molar-refractivity contribution in [3.8, 4) is 17.6 Å². The van der Waals surface area contributed by atoms with Gasteiger partial charge in [0.15, 0.2) is 35.5 Å². The van der Waals surface area contributed by atoms with E-state index < -0.39 is 132 Å². The highest BCUT2D eigenvalue weighted by Gasteiger charge is 2.69. The van der Waals surface area contributed by atoms with Crippen LogP contribution in [0.3, 0.4) is 0 Å². The maximum atomic E-state index is 12.9. The summed E-state index contributed by atoms with van der Waals surface area (Å²) >= 11 is 7.22. The standard InChI is InChI=1S/C21H19ClO2.C21H32N5O6P.C12H15N3O5.C11H13N3O6/c1-23-19-12-8-17(9-13-19)21(22,16-6-4-3-5-7-16)18-10-14-20(24-2)15-11-18;1-7-21-16(32-33(30-10-8-9-22)26(12(2)3)13(4)5)15(23-19(21)28)18(31-21)25-11-14(6)17(27)24-20(25)29;1-3-12-7(16)6(13-10(12)18)9(20-12)15-4-5(2)8(17)14-11(15)19;1-4-2-14(10(19)13-7(4)17)8-5-6(16)11(3-15,20-8)9(18)12-5/h3-15H,1-2H3;11-13,15-16,18H,7-8,10H2,1-6H3,(H,23,28)(H,24,27,29);4,6-7,9,16H,3H2,1-2H3,(H,13,18)(H,14,17,19);2,5-6,8,15-16H,3H2,1H3,(H,12,18)(H,13,17,19)/t;15-,16?,18+,21+,33?;6-,7?,9+,12+;5-,6?,8+,11+/m.000/s1. The summed E-state index contributed by atoms with van der Waals surface area (Å²) in [6, 6.07) is 25.8. The molecular weight excluding hydrogens is 1310 g/mol. The third-order valence-corrected chi connectivity index (χ3v) is 20.7. The molecule has 6 bridgehead atoms. The van der Waals surface area contributed by atoms with Gasteiger partial charge in [-0.05, 0) is 102 Å². The number of aliphatic hydroxyl groups is 3. The highest BCUT2D eigenvalue weighted by Crippen LogP contribution is 2.55. The predicted octanol–water partition coefficient (Wildman–Crippen LogP) is 2.26. The van der Waals surface area contributed by atoms with Gasteiger partial charge in [-0.25, -0.2) is 19.1 Å². The van der Waals surface area contributed by atoms with Gasteiger partial charge in [-0.3, -0.25) is 57.4 Å². The Bertz CT molecular complexity index is 4120. The summed E-state index contributed by atoms with van der Waals surface area (Å²) in [6.07, 6.45) is -0.780. The zero-order chi connectivity index (χ0) is 70.8. The van der Waals surface area contributed by atoms with Gasteiger partial charge in [0, 0.05) is 47.4 Å². The first-order valence-corrected chi connectivity index (χ1v) is 32.8. The summed E-state index contributed by atoms with van der Waals surface area (Å²) in [6.45, 7) is 15.8. The van der Waals surface area contributed by atoms with Gasteiger partial charge in [0.2, 0.25) is 0 Å². The van der Waals surface area contributed by atoms with Crippen LogP contribution in [0.25, 0.3) is 0 Å². The lowest BCUT2D eigenvalue weighted by Gasteiger charge is -2.38. The van der Waals surface area contributed by atoms with E-state index in [9.17, 15) is 58.5 Å². The van der Waals surface area contributed by atoms with Crippen molar-refractivity contribution in [3.05, 3.63) is 193 Å². The number of aliphatic hydroxyl groups excluding tert-OH is 3. The number of rotatable bonds is 19. The van der Waals surface area contributed by atoms with Crippen molar-refractivity contribution in [3.63, 3.8) is 0 Å². The van der Waals surface area contributed by atoms with E-state index >= 15 is 0 Å². The Morgan fingerprint density at radius 1 is 0.598 bits per heavy atom. The molecule has 13 atom stereocenters. The third-order valence-electron chi connectivity index (χ3n) is 17.9. The molecule has 0 aliphatic carbocycles. The molecule has 97 heavy (non-hydrogen) atoms. The number of carbonyl (C=O) groups excluding carboxylic acids is 3. The van der Waals surface area contributed by atoms with Crippen molar-refractivity contribution in [2.45, 2.75) is 170 Å². The van der Waals surface area contributed by atoms with Crippen molar-refractivity contribution >= 4 is 37.8 Å². The van der Waals surface area contributed by atoms with Crippen LogP contribution in [0.4, 0.5) is 0 Å². The Labute approximate surface area is 561 Å². The van der Waals surface area contributed by atoms with E-state index in [0.29, 0.717) is 24.0 Å². The lowest BCUT2D eigenvalue weighted by Crippen LogP contribution is -2.52. The normalized spacial score (nSPS) is 26.6. The van der Waals surface area contributed by atoms with Gasteiger partial charge in [-0.15, -0.1) is 11.6 Å². The third kappa shape index (κ3) is 13.4. The minimum atomic E-state index is -1.77. The van der Waals surface area contributed by atoms with Crippen LogP contribution in [0.5, 0.6) is 11.5 Å². The first kappa shape index (κ1) is 72.8. The maximum absolute atomic E-state index is 12.9. The number of aromatic nitrogens is 6. The number of halogens is 1. The highest BCUT2D eigenvalue weighted by molar-refractivity contribution is 7.44. The number of benzene rings is 3. The van der Waals surface area contributed by atoms with Gasteiger partial charge in [0.25, 0.3) is 42.9 Å². The largest absolute Gasteiger partial charge is 0.497 e. The van der Waals surface area contributed by atoms with E-state index in [4.69, 9.17) is 49.6 Å². The number of H-pyrrole nitrogens is 3. The van der Waals surface area contributed by atoms with Crippen LogP contribution in [0.15, 0.2) is 126 Å². The molecule has 6 aliphatic heterocycles. The highest BCUT2D eigenvalue weighted by atomic mass is 35.5. The zero-order valence-electron chi connectivity index (χ0n) is 55.1. The number of nitrogens with zero attached hydrogens (tertiary/aromatic N) is 5.